The van der Waals surface area contributed by atoms with Gasteiger partial charge in [-0.15, -0.1) is 11.3 Å². The van der Waals surface area contributed by atoms with Crippen molar-refractivity contribution in [1.29, 1.82) is 0 Å². The zero-order chi connectivity index (χ0) is 16.4. The second-order valence-electron chi connectivity index (χ2n) is 5.57. The summed E-state index contributed by atoms with van der Waals surface area (Å²) in [4.78, 5) is 5.80. The van der Waals surface area contributed by atoms with E-state index in [4.69, 9.17) is 9.47 Å². The Hall–Kier alpha value is -2.25. The maximum atomic E-state index is 12.9. The monoisotopic (exact) mass is 345 g/mol. The number of rotatable bonds is 5. The molecule has 0 atom stereocenters. The fourth-order valence-electron chi connectivity index (χ4n) is 2.57. The van der Waals surface area contributed by atoms with Crippen LogP contribution in [0, 0.1) is 5.82 Å². The summed E-state index contributed by atoms with van der Waals surface area (Å²) in [5, 5.41) is 5.23. The smallest absolute Gasteiger partial charge is 0.157 e. The van der Waals surface area contributed by atoms with E-state index in [1.54, 1.807) is 34.3 Å². The topological polar surface area (TPSA) is 49.2 Å². The van der Waals surface area contributed by atoms with Crippen LogP contribution in [0.15, 0.2) is 36.7 Å². The van der Waals surface area contributed by atoms with Crippen molar-refractivity contribution in [3.8, 4) is 5.75 Å². The Bertz CT molecular complexity index is 805. The van der Waals surface area contributed by atoms with E-state index in [9.17, 15) is 4.39 Å². The highest BCUT2D eigenvalue weighted by Crippen LogP contribution is 2.24. The Labute approximate surface area is 142 Å². The molecule has 5 nitrogen and oxygen atoms in total. The lowest BCUT2D eigenvalue weighted by atomic mass is 10.2. The molecule has 1 aromatic carbocycles. The molecule has 0 saturated heterocycles. The summed E-state index contributed by atoms with van der Waals surface area (Å²) in [6.45, 7) is 2.40. The van der Waals surface area contributed by atoms with Crippen molar-refractivity contribution >= 4 is 11.3 Å². The summed E-state index contributed by atoms with van der Waals surface area (Å²) in [6.07, 6.45) is 4.39. The fourth-order valence-corrected chi connectivity index (χ4v) is 3.53. The molecule has 0 radical (unpaired) electrons. The Kier molecular flexibility index (Phi) is 4.27. The average molecular weight is 345 g/mol. The minimum absolute atomic E-state index is 0.236. The molecule has 0 saturated carbocycles. The quantitative estimate of drug-likeness (QED) is 0.713. The molecule has 2 aromatic heterocycles. The molecule has 1 aliphatic heterocycles. The molecular formula is C17H16FN3O2S. The first kappa shape index (κ1) is 15.3. The lowest BCUT2D eigenvalue weighted by molar-refractivity contribution is 0.112. The van der Waals surface area contributed by atoms with Crippen molar-refractivity contribution in [2.45, 2.75) is 26.2 Å². The van der Waals surface area contributed by atoms with Crippen LogP contribution in [0.1, 0.15) is 21.1 Å². The largest absolute Gasteiger partial charge is 0.483 e. The fraction of sp³-hybridized carbons (Fsp3) is 0.294. The number of benzene rings is 1. The summed E-state index contributed by atoms with van der Waals surface area (Å²) in [6, 6.07) is 6.40. The van der Waals surface area contributed by atoms with E-state index in [0.717, 1.165) is 29.3 Å². The van der Waals surface area contributed by atoms with Crippen LogP contribution >= 0.6 is 11.3 Å². The van der Waals surface area contributed by atoms with Crippen LogP contribution in [0.3, 0.4) is 0 Å². The first-order valence-electron chi connectivity index (χ1n) is 7.71. The van der Waals surface area contributed by atoms with Gasteiger partial charge in [0.05, 0.1) is 42.7 Å². The van der Waals surface area contributed by atoms with Crippen LogP contribution in [-0.4, -0.2) is 21.4 Å². The molecule has 1 aliphatic rings. The van der Waals surface area contributed by atoms with E-state index < -0.39 is 0 Å². The first-order chi connectivity index (χ1) is 11.8. The average Bonchev–Trinajstić information content (AvgIpc) is 3.21. The molecule has 0 spiro atoms. The number of fused-ring (bicyclic) bond motifs is 1. The van der Waals surface area contributed by atoms with Gasteiger partial charge in [-0.3, -0.25) is 4.68 Å². The van der Waals surface area contributed by atoms with Crippen LogP contribution < -0.4 is 4.74 Å². The number of halogens is 1. The van der Waals surface area contributed by atoms with Crippen LogP contribution in [-0.2, 0) is 30.9 Å². The Morgan fingerprint density at radius 1 is 1.29 bits per heavy atom. The summed E-state index contributed by atoms with van der Waals surface area (Å²) < 4.78 is 25.9. The third kappa shape index (κ3) is 3.47. The van der Waals surface area contributed by atoms with Crippen molar-refractivity contribution in [2.24, 2.45) is 0 Å². The zero-order valence-electron chi connectivity index (χ0n) is 12.9. The highest BCUT2D eigenvalue weighted by Gasteiger charge is 2.15. The van der Waals surface area contributed by atoms with Crippen molar-refractivity contribution in [3.63, 3.8) is 0 Å². The standard InChI is InChI=1S/C17H16FN3O2S/c18-13-3-1-12(2-4-13)8-21-9-14(7-19-21)23-11-17-20-15-5-6-22-10-16(15)24-17/h1-4,7,9H,5-6,8,10-11H2. The van der Waals surface area contributed by atoms with E-state index in [2.05, 4.69) is 10.1 Å². The van der Waals surface area contributed by atoms with E-state index in [0.29, 0.717) is 25.5 Å². The predicted octanol–water partition coefficient (Wildman–Crippen LogP) is 3.18. The Morgan fingerprint density at radius 3 is 3.00 bits per heavy atom. The van der Waals surface area contributed by atoms with Gasteiger partial charge in [-0.25, -0.2) is 9.37 Å². The number of thiazole rings is 1. The molecular weight excluding hydrogens is 329 g/mol. The second-order valence-corrected chi connectivity index (χ2v) is 6.74. The molecule has 0 N–H and O–H groups in total. The molecule has 0 unspecified atom stereocenters. The third-order valence-electron chi connectivity index (χ3n) is 3.77. The molecule has 0 fully saturated rings. The molecule has 124 valence electrons. The van der Waals surface area contributed by atoms with Crippen LogP contribution in [0.5, 0.6) is 5.75 Å². The third-order valence-corrected chi connectivity index (χ3v) is 4.81. The predicted molar refractivity (Wildman–Crippen MR) is 87.5 cm³/mol. The summed E-state index contributed by atoms with van der Waals surface area (Å²) in [7, 11) is 0. The number of hydrogen-bond acceptors (Lipinski definition) is 5. The van der Waals surface area contributed by atoms with E-state index in [-0.39, 0.29) is 5.82 Å². The molecule has 3 aromatic rings. The van der Waals surface area contributed by atoms with Gasteiger partial charge in [0.1, 0.15) is 17.4 Å². The van der Waals surface area contributed by atoms with Gasteiger partial charge in [0.2, 0.25) is 0 Å². The van der Waals surface area contributed by atoms with Gasteiger partial charge in [-0.05, 0) is 17.7 Å². The lowest BCUT2D eigenvalue weighted by Gasteiger charge is -2.08. The molecule has 4 rings (SSSR count). The first-order valence-corrected chi connectivity index (χ1v) is 8.53. The second kappa shape index (κ2) is 6.70. The highest BCUT2D eigenvalue weighted by atomic mass is 32.1. The van der Waals surface area contributed by atoms with E-state index in [1.807, 2.05) is 6.20 Å². The molecule has 7 heteroatoms. The summed E-state index contributed by atoms with van der Waals surface area (Å²) in [5.41, 5.74) is 2.12. The Morgan fingerprint density at radius 2 is 2.17 bits per heavy atom. The zero-order valence-corrected chi connectivity index (χ0v) is 13.8. The van der Waals surface area contributed by atoms with E-state index in [1.165, 1.54) is 17.0 Å². The summed E-state index contributed by atoms with van der Waals surface area (Å²) >= 11 is 1.64. The van der Waals surface area contributed by atoms with Crippen molar-refractivity contribution in [1.82, 2.24) is 14.8 Å². The lowest BCUT2D eigenvalue weighted by Crippen LogP contribution is -2.07. The number of nitrogens with zero attached hydrogens (tertiary/aromatic N) is 3. The minimum atomic E-state index is -0.236. The van der Waals surface area contributed by atoms with Crippen molar-refractivity contribution in [2.75, 3.05) is 6.61 Å². The highest BCUT2D eigenvalue weighted by molar-refractivity contribution is 7.11. The molecule has 0 aliphatic carbocycles. The minimum Gasteiger partial charge on any atom is -0.483 e. The molecule has 0 bridgehead atoms. The number of aromatic nitrogens is 3. The van der Waals surface area contributed by atoms with Gasteiger partial charge in [-0.2, -0.15) is 5.10 Å². The van der Waals surface area contributed by atoms with Crippen LogP contribution in [0.25, 0.3) is 0 Å². The Balaban J connectivity index is 1.36. The van der Waals surface area contributed by atoms with Gasteiger partial charge < -0.3 is 9.47 Å². The number of ether oxygens (including phenoxy) is 2. The van der Waals surface area contributed by atoms with Gasteiger partial charge in [0.25, 0.3) is 0 Å². The van der Waals surface area contributed by atoms with Gasteiger partial charge in [-0.1, -0.05) is 12.1 Å². The van der Waals surface area contributed by atoms with Crippen LogP contribution in [0.4, 0.5) is 4.39 Å². The molecule has 3 heterocycles. The normalized spacial score (nSPS) is 13.7. The van der Waals surface area contributed by atoms with Gasteiger partial charge in [0.15, 0.2) is 5.75 Å². The van der Waals surface area contributed by atoms with Gasteiger partial charge >= 0.3 is 0 Å². The number of hydrogen-bond donors (Lipinski definition) is 0. The SMILES string of the molecule is Fc1ccc(Cn2cc(OCc3nc4c(s3)COCC4)cn2)cc1. The summed E-state index contributed by atoms with van der Waals surface area (Å²) in [5.74, 6) is 0.460. The van der Waals surface area contributed by atoms with Gasteiger partial charge in [0, 0.05) is 6.42 Å². The van der Waals surface area contributed by atoms with E-state index >= 15 is 0 Å². The maximum absolute atomic E-state index is 12.9. The molecule has 24 heavy (non-hydrogen) atoms. The maximum Gasteiger partial charge on any atom is 0.157 e. The van der Waals surface area contributed by atoms with Crippen molar-refractivity contribution < 1.29 is 13.9 Å². The van der Waals surface area contributed by atoms with Crippen LogP contribution in [0.2, 0.25) is 0 Å². The van der Waals surface area contributed by atoms with Crippen molar-refractivity contribution in [3.05, 3.63) is 63.6 Å². The molecule has 0 amide bonds.